The first-order valence-electron chi connectivity index (χ1n) is 10.7. The molecule has 2 aliphatic carbocycles. The standard InChI is InChI=1S/C21H34N4O2/c1-21(13-27-14-21)12-23-16-8-9-18-17(10-16)19(20(26)22-2)24-25(18)11-15-6-4-3-5-7-15/h15-16,23H,3-14H2,1-2H3,(H,22,26)/t16-/m1/s1. The highest BCUT2D eigenvalue weighted by atomic mass is 16.5. The zero-order valence-electron chi connectivity index (χ0n) is 16.9. The van der Waals surface area contributed by atoms with Gasteiger partial charge in [0.1, 0.15) is 0 Å². The summed E-state index contributed by atoms with van der Waals surface area (Å²) >= 11 is 0. The van der Waals surface area contributed by atoms with Gasteiger partial charge < -0.3 is 15.4 Å². The molecule has 0 unspecified atom stereocenters. The van der Waals surface area contributed by atoms with Gasteiger partial charge in [-0.05, 0) is 38.0 Å². The largest absolute Gasteiger partial charge is 0.380 e. The van der Waals surface area contributed by atoms with E-state index in [-0.39, 0.29) is 11.3 Å². The minimum absolute atomic E-state index is 0.0475. The predicted molar refractivity (Wildman–Crippen MR) is 105 cm³/mol. The molecule has 150 valence electrons. The van der Waals surface area contributed by atoms with E-state index in [2.05, 4.69) is 22.2 Å². The molecule has 1 atom stereocenters. The lowest BCUT2D eigenvalue weighted by Crippen LogP contribution is -2.50. The highest BCUT2D eigenvalue weighted by Gasteiger charge is 2.35. The highest BCUT2D eigenvalue weighted by Crippen LogP contribution is 2.30. The van der Waals surface area contributed by atoms with E-state index in [1.165, 1.54) is 43.4 Å². The zero-order chi connectivity index (χ0) is 18.9. The smallest absolute Gasteiger partial charge is 0.271 e. The molecule has 3 aliphatic rings. The molecular weight excluding hydrogens is 340 g/mol. The molecule has 0 radical (unpaired) electrons. The average Bonchev–Trinajstić information content (AvgIpc) is 3.03. The van der Waals surface area contributed by atoms with Crippen LogP contribution in [0.5, 0.6) is 0 Å². The van der Waals surface area contributed by atoms with Gasteiger partial charge in [0.05, 0.1) is 13.2 Å². The molecule has 1 aromatic heterocycles. The van der Waals surface area contributed by atoms with Crippen LogP contribution in [0, 0.1) is 11.3 Å². The number of carbonyl (C=O) groups is 1. The maximum absolute atomic E-state index is 12.4. The fraction of sp³-hybridized carbons (Fsp3) is 0.810. The lowest BCUT2D eigenvalue weighted by Gasteiger charge is -2.39. The van der Waals surface area contributed by atoms with Crippen LogP contribution in [0.2, 0.25) is 0 Å². The van der Waals surface area contributed by atoms with Crippen molar-refractivity contribution in [2.75, 3.05) is 26.8 Å². The topological polar surface area (TPSA) is 68.2 Å². The minimum Gasteiger partial charge on any atom is -0.380 e. The molecule has 2 fully saturated rings. The Kier molecular flexibility index (Phi) is 5.55. The lowest BCUT2D eigenvalue weighted by atomic mass is 9.86. The van der Waals surface area contributed by atoms with E-state index < -0.39 is 0 Å². The fourth-order valence-corrected chi connectivity index (χ4v) is 4.87. The molecule has 1 aliphatic heterocycles. The van der Waals surface area contributed by atoms with Crippen LogP contribution >= 0.6 is 0 Å². The normalized spacial score (nSPS) is 24.9. The Bertz CT molecular complexity index is 674. The van der Waals surface area contributed by atoms with Crippen molar-refractivity contribution in [3.8, 4) is 0 Å². The molecule has 1 saturated carbocycles. The first-order chi connectivity index (χ1) is 13.1. The first kappa shape index (κ1) is 18.9. The molecule has 0 bridgehead atoms. The predicted octanol–water partition coefficient (Wildman–Crippen LogP) is 2.31. The third-order valence-electron chi connectivity index (χ3n) is 6.66. The van der Waals surface area contributed by atoms with Gasteiger partial charge in [-0.25, -0.2) is 0 Å². The van der Waals surface area contributed by atoms with Gasteiger partial charge in [-0.1, -0.05) is 26.2 Å². The van der Waals surface area contributed by atoms with E-state index in [0.29, 0.717) is 11.7 Å². The summed E-state index contributed by atoms with van der Waals surface area (Å²) in [5.74, 6) is 0.670. The quantitative estimate of drug-likeness (QED) is 0.802. The molecular formula is C21H34N4O2. The van der Waals surface area contributed by atoms with Crippen LogP contribution in [0.4, 0.5) is 0 Å². The van der Waals surface area contributed by atoms with Crippen LogP contribution in [-0.2, 0) is 24.1 Å². The van der Waals surface area contributed by atoms with E-state index in [9.17, 15) is 4.79 Å². The second-order valence-corrected chi connectivity index (χ2v) is 9.16. The number of fused-ring (bicyclic) bond motifs is 1. The van der Waals surface area contributed by atoms with Crippen molar-refractivity contribution < 1.29 is 9.53 Å². The number of nitrogens with one attached hydrogen (secondary N) is 2. The lowest BCUT2D eigenvalue weighted by molar-refractivity contribution is -0.100. The number of carbonyl (C=O) groups excluding carboxylic acids is 1. The van der Waals surface area contributed by atoms with Crippen molar-refractivity contribution in [3.05, 3.63) is 17.0 Å². The zero-order valence-corrected chi connectivity index (χ0v) is 16.9. The van der Waals surface area contributed by atoms with E-state index in [1.807, 2.05) is 0 Å². The molecule has 1 saturated heterocycles. The Morgan fingerprint density at radius 1 is 1.26 bits per heavy atom. The maximum atomic E-state index is 12.4. The highest BCUT2D eigenvalue weighted by molar-refractivity contribution is 5.93. The van der Waals surface area contributed by atoms with Crippen molar-refractivity contribution in [2.24, 2.45) is 11.3 Å². The number of rotatable bonds is 6. The molecule has 1 aromatic rings. The van der Waals surface area contributed by atoms with Gasteiger partial charge in [0, 0.05) is 42.9 Å². The third-order valence-corrected chi connectivity index (χ3v) is 6.66. The molecule has 27 heavy (non-hydrogen) atoms. The molecule has 6 nitrogen and oxygen atoms in total. The number of nitrogens with zero attached hydrogens (tertiary/aromatic N) is 2. The Balaban J connectivity index is 1.48. The second kappa shape index (κ2) is 7.92. The molecule has 2 N–H and O–H groups in total. The molecule has 1 amide bonds. The Morgan fingerprint density at radius 2 is 2.04 bits per heavy atom. The summed E-state index contributed by atoms with van der Waals surface area (Å²) < 4.78 is 7.54. The second-order valence-electron chi connectivity index (χ2n) is 9.16. The van der Waals surface area contributed by atoms with Crippen LogP contribution in [0.3, 0.4) is 0 Å². The number of hydrogen-bond donors (Lipinski definition) is 2. The number of aromatic nitrogens is 2. The molecule has 4 rings (SSSR count). The van der Waals surface area contributed by atoms with Gasteiger partial charge in [0.2, 0.25) is 0 Å². The minimum atomic E-state index is -0.0475. The Hall–Kier alpha value is -1.40. The van der Waals surface area contributed by atoms with Crippen molar-refractivity contribution >= 4 is 5.91 Å². The number of ether oxygens (including phenoxy) is 1. The van der Waals surface area contributed by atoms with Gasteiger partial charge in [-0.15, -0.1) is 0 Å². The van der Waals surface area contributed by atoms with Crippen molar-refractivity contribution in [1.82, 2.24) is 20.4 Å². The van der Waals surface area contributed by atoms with Crippen LogP contribution in [0.25, 0.3) is 0 Å². The number of amides is 1. The summed E-state index contributed by atoms with van der Waals surface area (Å²) in [5, 5.41) is 11.3. The van der Waals surface area contributed by atoms with Gasteiger partial charge in [-0.2, -0.15) is 5.10 Å². The Labute approximate surface area is 162 Å². The first-order valence-corrected chi connectivity index (χ1v) is 10.7. The SMILES string of the molecule is CNC(=O)c1nn(CC2CCCCC2)c2c1C[C@H](NCC1(C)COC1)CC2. The van der Waals surface area contributed by atoms with E-state index >= 15 is 0 Å². The summed E-state index contributed by atoms with van der Waals surface area (Å²) in [6.45, 7) is 5.93. The van der Waals surface area contributed by atoms with E-state index in [1.54, 1.807) is 7.05 Å². The van der Waals surface area contributed by atoms with E-state index in [0.717, 1.165) is 51.5 Å². The summed E-state index contributed by atoms with van der Waals surface area (Å²) in [7, 11) is 1.70. The third kappa shape index (κ3) is 4.06. The van der Waals surface area contributed by atoms with Crippen LogP contribution in [-0.4, -0.2) is 48.5 Å². The van der Waals surface area contributed by atoms with Crippen molar-refractivity contribution in [1.29, 1.82) is 0 Å². The van der Waals surface area contributed by atoms with Gasteiger partial charge >= 0.3 is 0 Å². The van der Waals surface area contributed by atoms with Crippen LogP contribution < -0.4 is 10.6 Å². The molecule has 6 heteroatoms. The monoisotopic (exact) mass is 374 g/mol. The molecule has 2 heterocycles. The maximum Gasteiger partial charge on any atom is 0.271 e. The van der Waals surface area contributed by atoms with Crippen molar-refractivity contribution in [3.63, 3.8) is 0 Å². The number of hydrogen-bond acceptors (Lipinski definition) is 4. The summed E-state index contributed by atoms with van der Waals surface area (Å²) in [4.78, 5) is 12.4. The van der Waals surface area contributed by atoms with Gasteiger partial charge in [0.25, 0.3) is 5.91 Å². The summed E-state index contributed by atoms with van der Waals surface area (Å²) in [6.07, 6.45) is 9.68. The Morgan fingerprint density at radius 3 is 2.70 bits per heavy atom. The van der Waals surface area contributed by atoms with Crippen LogP contribution in [0.15, 0.2) is 0 Å². The van der Waals surface area contributed by atoms with Gasteiger partial charge in [-0.3, -0.25) is 9.48 Å². The average molecular weight is 375 g/mol. The fourth-order valence-electron chi connectivity index (χ4n) is 4.87. The van der Waals surface area contributed by atoms with Crippen molar-refractivity contribution in [2.45, 2.75) is 70.9 Å². The summed E-state index contributed by atoms with van der Waals surface area (Å²) in [6, 6.07) is 0.422. The van der Waals surface area contributed by atoms with Crippen LogP contribution in [0.1, 0.15) is 67.2 Å². The molecule has 0 spiro atoms. The molecule has 0 aromatic carbocycles. The summed E-state index contributed by atoms with van der Waals surface area (Å²) in [5.41, 5.74) is 3.39. The van der Waals surface area contributed by atoms with E-state index in [4.69, 9.17) is 9.84 Å². The van der Waals surface area contributed by atoms with Gasteiger partial charge in [0.15, 0.2) is 5.69 Å².